The Bertz CT molecular complexity index is 1090. The van der Waals surface area contributed by atoms with Gasteiger partial charge in [0.2, 0.25) is 0 Å². The molecule has 3 aromatic heterocycles. The second-order valence-corrected chi connectivity index (χ2v) is 7.14. The number of nitrogens with one attached hydrogen (secondary N) is 1. The van der Waals surface area contributed by atoms with Crippen LogP contribution in [0.1, 0.15) is 25.7 Å². The number of benzene rings is 1. The van der Waals surface area contributed by atoms with E-state index in [9.17, 15) is 14.7 Å². The molecule has 0 spiro atoms. The van der Waals surface area contributed by atoms with Crippen molar-refractivity contribution >= 4 is 45.8 Å². The van der Waals surface area contributed by atoms with Crippen molar-refractivity contribution in [3.05, 3.63) is 69.2 Å². The van der Waals surface area contributed by atoms with Gasteiger partial charge in [0.05, 0.1) is 23.0 Å². The summed E-state index contributed by atoms with van der Waals surface area (Å²) in [5.41, 5.74) is 3.22. The number of ketones is 1. The number of aromatic amines is 1. The van der Waals surface area contributed by atoms with Gasteiger partial charge in [0, 0.05) is 34.0 Å². The van der Waals surface area contributed by atoms with Crippen LogP contribution in [0.25, 0.3) is 22.2 Å². The molecule has 2 N–H and O–H groups in total. The Kier molecular flexibility index (Phi) is 4.14. The van der Waals surface area contributed by atoms with Crippen molar-refractivity contribution in [2.75, 3.05) is 0 Å². The summed E-state index contributed by atoms with van der Waals surface area (Å²) in [6.45, 7) is 0. The van der Waals surface area contributed by atoms with E-state index < -0.39 is 5.97 Å². The van der Waals surface area contributed by atoms with E-state index in [1.54, 1.807) is 41.8 Å². The van der Waals surface area contributed by atoms with Gasteiger partial charge in [-0.25, -0.2) is 4.79 Å². The van der Waals surface area contributed by atoms with Crippen LogP contribution >= 0.6 is 22.9 Å². The molecule has 3 heterocycles. The first kappa shape index (κ1) is 16.6. The van der Waals surface area contributed by atoms with Gasteiger partial charge in [0.25, 0.3) is 0 Å². The van der Waals surface area contributed by atoms with Gasteiger partial charge < -0.3 is 14.5 Å². The quantitative estimate of drug-likeness (QED) is 0.458. The van der Waals surface area contributed by atoms with Crippen LogP contribution in [0.2, 0.25) is 5.02 Å². The van der Waals surface area contributed by atoms with E-state index in [1.807, 2.05) is 0 Å². The molecule has 4 aromatic rings. The van der Waals surface area contributed by atoms with E-state index >= 15 is 0 Å². The number of aromatic nitrogens is 1. The number of H-pyrrole nitrogens is 1. The predicted molar refractivity (Wildman–Crippen MR) is 100 cm³/mol. The summed E-state index contributed by atoms with van der Waals surface area (Å²) >= 11 is 7.16. The van der Waals surface area contributed by atoms with Gasteiger partial charge in [0.15, 0.2) is 11.4 Å². The van der Waals surface area contributed by atoms with E-state index in [2.05, 4.69) is 4.98 Å². The maximum Gasteiger partial charge on any atom is 0.337 e. The lowest BCUT2D eigenvalue weighted by Crippen LogP contribution is -2.07. The van der Waals surface area contributed by atoms with Crippen molar-refractivity contribution in [2.45, 2.75) is 6.42 Å². The topological polar surface area (TPSA) is 83.3 Å². The van der Waals surface area contributed by atoms with E-state index in [1.165, 1.54) is 17.6 Å². The van der Waals surface area contributed by atoms with Crippen LogP contribution < -0.4 is 0 Å². The second-order valence-electron chi connectivity index (χ2n) is 5.74. The van der Waals surface area contributed by atoms with Gasteiger partial charge >= 0.3 is 5.97 Å². The standard InChI is InChI=1S/C19H12ClNO4S/c20-11-3-1-10(2-4-11)12-9-26-17(18(12)19(23)24)8-15(22)14-7-16-13(21-14)5-6-25-16/h1-7,9,21H,8H2,(H,23,24). The number of Topliss-reactive ketones (excluding diaryl/α,β-unsaturated/α-hetero) is 1. The summed E-state index contributed by atoms with van der Waals surface area (Å²) in [6, 6.07) is 10.3. The Hall–Kier alpha value is -2.83. The number of furan rings is 1. The molecular weight excluding hydrogens is 374 g/mol. The Morgan fingerprint density at radius 3 is 2.65 bits per heavy atom. The normalized spacial score (nSPS) is 11.1. The SMILES string of the molecule is O=C(Cc1scc(-c2ccc(Cl)cc2)c1C(=O)O)c1cc2occc2[nH]1. The number of thiophene rings is 1. The van der Waals surface area contributed by atoms with Gasteiger partial charge in [-0.15, -0.1) is 11.3 Å². The molecule has 130 valence electrons. The number of halogens is 1. The Morgan fingerprint density at radius 2 is 1.96 bits per heavy atom. The number of fused-ring (bicyclic) bond motifs is 1. The van der Waals surface area contributed by atoms with Crippen LogP contribution in [-0.4, -0.2) is 21.8 Å². The zero-order valence-electron chi connectivity index (χ0n) is 13.3. The summed E-state index contributed by atoms with van der Waals surface area (Å²) in [5, 5.41) is 12.0. The number of hydrogen-bond acceptors (Lipinski definition) is 4. The van der Waals surface area contributed by atoms with Crippen LogP contribution in [0, 0.1) is 0 Å². The van der Waals surface area contributed by atoms with Crippen molar-refractivity contribution < 1.29 is 19.1 Å². The monoisotopic (exact) mass is 385 g/mol. The molecule has 0 saturated carbocycles. The molecule has 0 radical (unpaired) electrons. The van der Waals surface area contributed by atoms with Gasteiger partial charge in [-0.3, -0.25) is 4.79 Å². The molecule has 0 fully saturated rings. The first-order valence-corrected chi connectivity index (χ1v) is 8.97. The number of carbonyl (C=O) groups is 2. The van der Waals surface area contributed by atoms with Crippen LogP contribution in [0.15, 0.2) is 52.5 Å². The molecule has 26 heavy (non-hydrogen) atoms. The minimum atomic E-state index is -1.06. The number of carboxylic acid groups (broad SMARTS) is 1. The van der Waals surface area contributed by atoms with E-state index in [0.717, 1.165) is 11.1 Å². The average molecular weight is 386 g/mol. The zero-order chi connectivity index (χ0) is 18.3. The fourth-order valence-electron chi connectivity index (χ4n) is 2.84. The maximum absolute atomic E-state index is 12.6. The number of aromatic carboxylic acids is 1. The highest BCUT2D eigenvalue weighted by Crippen LogP contribution is 2.33. The highest BCUT2D eigenvalue weighted by atomic mass is 35.5. The summed E-state index contributed by atoms with van der Waals surface area (Å²) in [5.74, 6) is -1.25. The first-order chi connectivity index (χ1) is 12.5. The molecule has 1 aromatic carbocycles. The zero-order valence-corrected chi connectivity index (χ0v) is 14.9. The number of carboxylic acids is 1. The Morgan fingerprint density at radius 1 is 1.19 bits per heavy atom. The van der Waals surface area contributed by atoms with Crippen LogP contribution in [-0.2, 0) is 6.42 Å². The molecule has 0 bridgehead atoms. The number of rotatable bonds is 5. The summed E-state index contributed by atoms with van der Waals surface area (Å²) in [7, 11) is 0. The fourth-order valence-corrected chi connectivity index (χ4v) is 4.01. The molecular formula is C19H12ClNO4S. The van der Waals surface area contributed by atoms with Gasteiger partial charge in [0.1, 0.15) is 0 Å². The minimum absolute atomic E-state index is 0.00297. The number of hydrogen-bond donors (Lipinski definition) is 2. The van der Waals surface area contributed by atoms with E-state index in [4.69, 9.17) is 16.0 Å². The average Bonchev–Trinajstić information content (AvgIpc) is 3.29. The lowest BCUT2D eigenvalue weighted by molar-refractivity contribution is 0.0697. The summed E-state index contributed by atoms with van der Waals surface area (Å²) in [4.78, 5) is 27.9. The minimum Gasteiger partial charge on any atom is -0.478 e. The predicted octanol–water partition coefficient (Wildman–Crippen LogP) is 5.27. The molecule has 0 aliphatic carbocycles. The third kappa shape index (κ3) is 2.94. The van der Waals surface area contributed by atoms with Gasteiger partial charge in [-0.05, 0) is 23.1 Å². The Balaban J connectivity index is 1.68. The van der Waals surface area contributed by atoms with Crippen molar-refractivity contribution in [3.63, 3.8) is 0 Å². The molecule has 0 unspecified atom stereocenters. The highest BCUT2D eigenvalue weighted by Gasteiger charge is 2.22. The highest BCUT2D eigenvalue weighted by molar-refractivity contribution is 7.11. The van der Waals surface area contributed by atoms with Crippen LogP contribution in [0.5, 0.6) is 0 Å². The van der Waals surface area contributed by atoms with Gasteiger partial charge in [-0.2, -0.15) is 0 Å². The molecule has 4 rings (SSSR count). The molecule has 0 amide bonds. The van der Waals surface area contributed by atoms with Gasteiger partial charge in [-0.1, -0.05) is 23.7 Å². The lowest BCUT2D eigenvalue weighted by Gasteiger charge is -2.04. The lowest BCUT2D eigenvalue weighted by atomic mass is 10.0. The van der Waals surface area contributed by atoms with Crippen molar-refractivity contribution in [2.24, 2.45) is 0 Å². The smallest absolute Gasteiger partial charge is 0.337 e. The molecule has 5 nitrogen and oxygen atoms in total. The maximum atomic E-state index is 12.6. The number of carbonyl (C=O) groups excluding carboxylic acids is 1. The summed E-state index contributed by atoms with van der Waals surface area (Å²) in [6.07, 6.45) is 1.54. The third-order valence-electron chi connectivity index (χ3n) is 4.10. The van der Waals surface area contributed by atoms with Crippen molar-refractivity contribution in [1.29, 1.82) is 0 Å². The van der Waals surface area contributed by atoms with Crippen molar-refractivity contribution in [1.82, 2.24) is 4.98 Å². The second kappa shape index (κ2) is 6.48. The van der Waals surface area contributed by atoms with E-state index in [-0.39, 0.29) is 17.8 Å². The third-order valence-corrected chi connectivity index (χ3v) is 5.34. The Labute approximate surface area is 156 Å². The van der Waals surface area contributed by atoms with Crippen LogP contribution in [0.3, 0.4) is 0 Å². The molecule has 0 aliphatic heterocycles. The summed E-state index contributed by atoms with van der Waals surface area (Å²) < 4.78 is 5.25. The largest absolute Gasteiger partial charge is 0.478 e. The molecule has 0 atom stereocenters. The first-order valence-electron chi connectivity index (χ1n) is 7.72. The molecule has 7 heteroatoms. The molecule has 0 saturated heterocycles. The van der Waals surface area contributed by atoms with Crippen LogP contribution in [0.4, 0.5) is 0 Å². The van der Waals surface area contributed by atoms with E-state index in [0.29, 0.717) is 26.7 Å². The fraction of sp³-hybridized carbons (Fsp3) is 0.0526. The van der Waals surface area contributed by atoms with Crippen molar-refractivity contribution in [3.8, 4) is 11.1 Å². The molecule has 0 aliphatic rings.